The number of aryl methyl sites for hydroxylation is 11. The maximum absolute atomic E-state index is 5.43. The number of methoxy groups -OCH3 is 3. The van der Waals surface area contributed by atoms with E-state index in [1.807, 2.05) is 192 Å². The van der Waals surface area contributed by atoms with Crippen LogP contribution in [0.25, 0.3) is 0 Å². The molecule has 0 spiro atoms. The summed E-state index contributed by atoms with van der Waals surface area (Å²) in [7, 11) is 19.1. The number of hydrogen-bond acceptors (Lipinski definition) is 13. The van der Waals surface area contributed by atoms with Gasteiger partial charge in [-0.3, -0.25) is 0 Å². The van der Waals surface area contributed by atoms with Gasteiger partial charge >= 0.3 is 0 Å². The molecule has 0 radical (unpaired) electrons. The van der Waals surface area contributed by atoms with Gasteiger partial charge in [0.1, 0.15) is 163 Å². The third-order valence-corrected chi connectivity index (χ3v) is 17.6. The Morgan fingerprint density at radius 3 is 0.919 bits per heavy atom. The summed E-state index contributed by atoms with van der Waals surface area (Å²) in [6.45, 7) is 47.5. The van der Waals surface area contributed by atoms with Crippen LogP contribution >= 0.6 is 0 Å². The zero-order chi connectivity index (χ0) is 91.8. The first-order chi connectivity index (χ1) is 60.7. The van der Waals surface area contributed by atoms with Crippen molar-refractivity contribution in [3.8, 4) is 0 Å². The van der Waals surface area contributed by atoms with Crippen molar-refractivity contribution >= 4 is 0 Å². The predicted octanol–water partition coefficient (Wildman–Crippen LogP) is 14.4. The summed E-state index contributed by atoms with van der Waals surface area (Å²) in [6, 6.07) is 0.535. The summed E-state index contributed by atoms with van der Waals surface area (Å²) in [5.41, 5.74) is 0. The van der Waals surface area contributed by atoms with Gasteiger partial charge in [-0.05, 0) is 86.0 Å². The highest BCUT2D eigenvalue weighted by Gasteiger charge is 2.10. The Bertz CT molecular complexity index is 3460. The summed E-state index contributed by atoms with van der Waals surface area (Å²) in [5, 5.41) is 0. The van der Waals surface area contributed by atoms with Crippen LogP contribution < -0.4 is 45.7 Å². The molecule has 0 N–H and O–H groups in total. The molecule has 135 heavy (non-hydrogen) atoms. The number of imidazole rings is 10. The molecule has 0 aromatic carbocycles. The van der Waals surface area contributed by atoms with Crippen molar-refractivity contribution in [1.29, 1.82) is 0 Å². The van der Waals surface area contributed by atoms with Crippen molar-refractivity contribution < 1.29 is 107 Å². The third-order valence-electron chi connectivity index (χ3n) is 17.6. The molecule has 0 aliphatic rings. The van der Waals surface area contributed by atoms with Crippen molar-refractivity contribution in [3.63, 3.8) is 0 Å². The number of aromatic nitrogens is 20. The SMILES string of the molecule is C.C.C.C.C.C.C.C.C.C.CCCCOCn1cc[n+](C)c1.CCCOCC[n+]1ccn(C(C)C)c1.CCCOCC[n+]1ccn(CC)c1.CCCOCCn1cc[n+](C)c1.CCCOCCn1cc[n+](CCC)c1.CCOCCCn1cc[n+](C)c1.CCOCOCn1cc[n+](C)c1.COCCCCn1cc[n+](C)c1.COCCOCn1cc[n+](C)c1.COCOCCn1cc[n+](C)c1. The average Bonchev–Trinajstić information content (AvgIpc) is 1.75. The van der Waals surface area contributed by atoms with Gasteiger partial charge in [0.2, 0.25) is 63.3 Å². The monoisotopic (exact) mass is 1930 g/mol. The van der Waals surface area contributed by atoms with Gasteiger partial charge in [-0.15, -0.1) is 0 Å². The molecule has 10 heterocycles. The van der Waals surface area contributed by atoms with Gasteiger partial charge in [0.25, 0.3) is 0 Å². The van der Waals surface area contributed by atoms with Crippen LogP contribution in [0.3, 0.4) is 0 Å². The molecule has 0 aliphatic heterocycles. The fourth-order valence-corrected chi connectivity index (χ4v) is 10.9. The summed E-state index contributed by atoms with van der Waals surface area (Å²) in [6.07, 6.45) is 72.6. The fraction of sp³-hybridized carbons (Fsp3) is 0.706. The standard InChI is InChI=1S/2C11H21N2O.C10H19N2O.4C9H17N2O.3C8H15N2O2.10CH4/c1-4-8-14-9-7-12-5-6-13(10-12)11(2)3;1-3-5-12-6-7-13(11-12)8-10-14-9-4-2;1-3-8-13-9-7-12-6-5-11(4-2)10-12;1-10-6-7-11(9-10)5-3-4-8-12-2;1-3-12-8-4-5-11-7-6-10(2)9-11;1-3-7-12-8-6-11-5-4-10(2)9-11;1-3-4-7-12-9-11-6-5-10(2)8-11;1-9-3-4-10(7-9)8-12-6-5-11-2;1-9-3-4-10(7-9)5-6-12-8-11-2;1-3-11-8-12-7-10-5-4-9(2)6-10;;;;;;;;;;/h5-6,10-11H,4,7-9H2,1-3H3;6-7,11H,3-5,8-10H2,1-2H3;5-6,10H,3-4,7-9H2,1-2H3;2*6-7,9H,3-5,8H2,1-2H3;4-5,9H,3,6-8H2,1-2H3;5-6,8H,3-4,7,9H2,1-2H3;2*3-4,7H,5-6,8H2,1-2H3;4-6H,3,7-8H2,1-2H3;10*1H4/q10*+1;;;;;;;;;;. The topological polar surface area (TPSA) is 208 Å². The highest BCUT2D eigenvalue weighted by atomic mass is 16.7. The van der Waals surface area contributed by atoms with E-state index in [1.54, 1.807) is 21.3 Å². The fourth-order valence-electron chi connectivity index (χ4n) is 10.9. The van der Waals surface area contributed by atoms with E-state index in [-0.39, 0.29) is 74.3 Å². The number of rotatable bonds is 54. The van der Waals surface area contributed by atoms with Crippen molar-refractivity contribution in [2.24, 2.45) is 49.3 Å². The van der Waals surface area contributed by atoms with Gasteiger partial charge in [-0.25, -0.2) is 91.3 Å². The van der Waals surface area contributed by atoms with E-state index in [9.17, 15) is 0 Å². The van der Waals surface area contributed by atoms with E-state index in [0.717, 1.165) is 183 Å². The Morgan fingerprint density at radius 1 is 0.230 bits per heavy atom. The normalized spacial score (nSPS) is 9.82. The lowest BCUT2D eigenvalue weighted by Gasteiger charge is -2.00. The smallest absolute Gasteiger partial charge is 0.245 e. The summed E-state index contributed by atoms with van der Waals surface area (Å²) < 4.78 is 109. The molecule has 10 aromatic rings. The molecule has 0 fully saturated rings. The van der Waals surface area contributed by atoms with Crippen LogP contribution in [0.4, 0.5) is 0 Å². The number of unbranched alkanes of at least 4 members (excludes halogenated alkanes) is 2. The van der Waals surface area contributed by atoms with Crippen LogP contribution in [0.2, 0.25) is 0 Å². The van der Waals surface area contributed by atoms with Crippen molar-refractivity contribution in [2.75, 3.05) is 141 Å². The van der Waals surface area contributed by atoms with Crippen LogP contribution in [0.1, 0.15) is 221 Å². The number of nitrogens with zero attached hydrogens (tertiary/aromatic N) is 20. The average molecular weight is 1930 g/mol. The summed E-state index contributed by atoms with van der Waals surface area (Å²) in [5.74, 6) is 0. The van der Waals surface area contributed by atoms with Crippen molar-refractivity contribution in [3.05, 3.63) is 187 Å². The van der Waals surface area contributed by atoms with Gasteiger partial charge in [-0.1, -0.05) is 122 Å². The van der Waals surface area contributed by atoms with Gasteiger partial charge in [0.15, 0.2) is 27.0 Å². The minimum absolute atomic E-state index is 0. The van der Waals surface area contributed by atoms with Gasteiger partial charge in [0, 0.05) is 74.0 Å². The van der Waals surface area contributed by atoms with Crippen LogP contribution in [0.15, 0.2) is 187 Å². The van der Waals surface area contributed by atoms with Crippen LogP contribution in [0.5, 0.6) is 0 Å². The zero-order valence-corrected chi connectivity index (χ0v) is 81.4. The van der Waals surface area contributed by atoms with E-state index >= 15 is 0 Å². The Kier molecular flexibility index (Phi) is 112. The Labute approximate surface area is 825 Å². The van der Waals surface area contributed by atoms with Gasteiger partial charge < -0.3 is 61.6 Å². The lowest BCUT2D eigenvalue weighted by atomic mass is 10.3. The van der Waals surface area contributed by atoms with Crippen molar-refractivity contribution in [1.82, 2.24) is 45.7 Å². The highest BCUT2D eigenvalue weighted by molar-refractivity contribution is 4.72. The van der Waals surface area contributed by atoms with E-state index in [4.69, 9.17) is 61.6 Å². The minimum Gasteiger partial charge on any atom is -0.385 e. The number of hydrogen-bond donors (Lipinski definition) is 0. The molecule has 10 rings (SSSR count). The van der Waals surface area contributed by atoms with E-state index in [0.29, 0.717) is 66.2 Å². The third kappa shape index (κ3) is 84.6. The second-order valence-corrected chi connectivity index (χ2v) is 30.0. The summed E-state index contributed by atoms with van der Waals surface area (Å²) in [4.78, 5) is 0. The molecule has 33 nitrogen and oxygen atoms in total. The van der Waals surface area contributed by atoms with Crippen LogP contribution in [0, 0.1) is 0 Å². The van der Waals surface area contributed by atoms with Crippen LogP contribution in [-0.4, -0.2) is 186 Å². The lowest BCUT2D eigenvalue weighted by Crippen LogP contribution is -2.33. The minimum atomic E-state index is 0. The van der Waals surface area contributed by atoms with E-state index in [2.05, 4.69) is 212 Å². The molecule has 0 aliphatic carbocycles. The van der Waals surface area contributed by atoms with Gasteiger partial charge in [0.05, 0.1) is 141 Å². The lowest BCUT2D eigenvalue weighted by molar-refractivity contribution is -0.698. The highest BCUT2D eigenvalue weighted by Crippen LogP contribution is 2.01. The van der Waals surface area contributed by atoms with E-state index in [1.165, 1.54) is 19.3 Å². The molecule has 0 bridgehead atoms. The molecule has 0 amide bonds. The van der Waals surface area contributed by atoms with Gasteiger partial charge in [-0.2, -0.15) is 0 Å². The first-order valence-corrected chi connectivity index (χ1v) is 45.2. The van der Waals surface area contributed by atoms with Crippen molar-refractivity contribution in [2.45, 2.75) is 300 Å². The molecular formula is C102H214N20O13+10. The maximum Gasteiger partial charge on any atom is 0.245 e. The molecule has 0 saturated heterocycles. The zero-order valence-electron chi connectivity index (χ0n) is 81.4. The van der Waals surface area contributed by atoms with E-state index < -0.39 is 0 Å². The number of ether oxygens (including phenoxy) is 13. The molecule has 790 valence electrons. The molecule has 10 aromatic heterocycles. The Balaban J connectivity index is -0.000000160. The predicted molar refractivity (Wildman–Crippen MR) is 548 cm³/mol. The van der Waals surface area contributed by atoms with Crippen LogP contribution in [-0.2, 0) is 190 Å². The molecule has 0 unspecified atom stereocenters. The summed E-state index contributed by atoms with van der Waals surface area (Å²) >= 11 is 0. The Hall–Kier alpha value is -8.42. The Morgan fingerprint density at radius 2 is 0.563 bits per heavy atom. The largest absolute Gasteiger partial charge is 0.385 e. The molecule has 0 atom stereocenters. The first kappa shape index (κ1) is 147. The maximum atomic E-state index is 5.43. The quantitative estimate of drug-likeness (QED) is 0.0198. The molecule has 33 heteroatoms. The second-order valence-electron chi connectivity index (χ2n) is 30.0. The molecule has 0 saturated carbocycles. The first-order valence-electron chi connectivity index (χ1n) is 45.2. The molecular weight excluding hydrogens is 1710 g/mol. The second kappa shape index (κ2) is 103.